The lowest BCUT2D eigenvalue weighted by Crippen LogP contribution is -2.30. The summed E-state index contributed by atoms with van der Waals surface area (Å²) in [5.41, 5.74) is 1.43. The number of hydrogen-bond acceptors (Lipinski definition) is 6. The zero-order valence-corrected chi connectivity index (χ0v) is 13.1. The highest BCUT2D eigenvalue weighted by Gasteiger charge is 2.36. The topological polar surface area (TPSA) is 40.0 Å². The van der Waals surface area contributed by atoms with Crippen LogP contribution in [0.1, 0.15) is 26.7 Å². The highest BCUT2D eigenvalue weighted by atomic mass is 32.2. The molecule has 0 aromatic rings. The van der Waals surface area contributed by atoms with E-state index in [2.05, 4.69) is 34.5 Å². The van der Waals surface area contributed by atoms with Gasteiger partial charge in [0.15, 0.2) is 10.3 Å². The molecule has 0 amide bonds. The average Bonchev–Trinajstić information content (AvgIpc) is 2.73. The van der Waals surface area contributed by atoms with Gasteiger partial charge < -0.3 is 10.2 Å². The van der Waals surface area contributed by atoms with Crippen molar-refractivity contribution in [3.63, 3.8) is 0 Å². The second kappa shape index (κ2) is 5.40. The molecule has 0 spiro atoms. The standard InChI is InChI=1S/C13H20N4S2/c1-13(2)9-17-10(8-19-12(17)16-13)7-18-11-14-5-3-4-6-15-11/h8H,3-7,9H2,1-2H3,(H,14,15). The van der Waals surface area contributed by atoms with Gasteiger partial charge in [0, 0.05) is 31.1 Å². The monoisotopic (exact) mass is 296 g/mol. The summed E-state index contributed by atoms with van der Waals surface area (Å²) < 4.78 is 0. The molecule has 4 nitrogen and oxygen atoms in total. The van der Waals surface area contributed by atoms with E-state index in [1.807, 2.05) is 11.8 Å². The van der Waals surface area contributed by atoms with Gasteiger partial charge in [0.1, 0.15) is 0 Å². The SMILES string of the molecule is CC1(C)CN2C(CSC3=NCCCCN3)=CSC2=N1. The molecule has 0 bridgehead atoms. The van der Waals surface area contributed by atoms with E-state index < -0.39 is 0 Å². The summed E-state index contributed by atoms with van der Waals surface area (Å²) in [7, 11) is 0. The largest absolute Gasteiger partial charge is 0.365 e. The van der Waals surface area contributed by atoms with Crippen LogP contribution in [0.4, 0.5) is 0 Å². The van der Waals surface area contributed by atoms with Gasteiger partial charge in [0.05, 0.1) is 5.54 Å². The molecule has 3 heterocycles. The lowest BCUT2D eigenvalue weighted by Gasteiger charge is -2.20. The van der Waals surface area contributed by atoms with Crippen LogP contribution in [0.5, 0.6) is 0 Å². The fourth-order valence-corrected chi connectivity index (χ4v) is 4.40. The van der Waals surface area contributed by atoms with Crippen molar-refractivity contribution in [1.82, 2.24) is 10.2 Å². The van der Waals surface area contributed by atoms with Crippen LogP contribution >= 0.6 is 23.5 Å². The molecule has 0 saturated heterocycles. The Labute approximate surface area is 123 Å². The number of hydrogen-bond donors (Lipinski definition) is 1. The van der Waals surface area contributed by atoms with Gasteiger partial charge in [-0.25, -0.2) is 0 Å². The van der Waals surface area contributed by atoms with Crippen molar-refractivity contribution >= 4 is 33.9 Å². The first-order chi connectivity index (χ1) is 9.14. The van der Waals surface area contributed by atoms with Gasteiger partial charge in [-0.2, -0.15) is 0 Å². The van der Waals surface area contributed by atoms with Crippen molar-refractivity contribution < 1.29 is 0 Å². The van der Waals surface area contributed by atoms with Gasteiger partial charge in [-0.3, -0.25) is 9.98 Å². The average molecular weight is 296 g/mol. The minimum atomic E-state index is 0.0601. The van der Waals surface area contributed by atoms with E-state index in [-0.39, 0.29) is 5.54 Å². The molecule has 0 unspecified atom stereocenters. The van der Waals surface area contributed by atoms with Crippen LogP contribution in [0, 0.1) is 0 Å². The van der Waals surface area contributed by atoms with Crippen LogP contribution in [0.15, 0.2) is 21.1 Å². The first-order valence-electron chi connectivity index (χ1n) is 6.78. The second-order valence-electron chi connectivity index (χ2n) is 5.63. The van der Waals surface area contributed by atoms with Crippen molar-refractivity contribution in [2.75, 3.05) is 25.4 Å². The summed E-state index contributed by atoms with van der Waals surface area (Å²) >= 11 is 3.57. The Bertz CT molecular complexity index is 454. The first kappa shape index (κ1) is 13.4. The summed E-state index contributed by atoms with van der Waals surface area (Å²) in [6.45, 7) is 7.42. The summed E-state index contributed by atoms with van der Waals surface area (Å²) in [5, 5.41) is 7.91. The predicted octanol–water partition coefficient (Wildman–Crippen LogP) is 2.50. The zero-order valence-electron chi connectivity index (χ0n) is 11.5. The normalized spacial score (nSPS) is 25.2. The zero-order chi connectivity index (χ0) is 13.3. The minimum Gasteiger partial charge on any atom is -0.365 e. The Hall–Kier alpha value is -0.620. The van der Waals surface area contributed by atoms with E-state index in [1.165, 1.54) is 18.5 Å². The number of rotatable bonds is 2. The number of fused-ring (bicyclic) bond motifs is 1. The number of aliphatic imine (C=N–C) groups is 2. The Morgan fingerprint density at radius 2 is 2.37 bits per heavy atom. The van der Waals surface area contributed by atoms with E-state index in [0.717, 1.165) is 35.7 Å². The lowest BCUT2D eigenvalue weighted by molar-refractivity contribution is 0.436. The molecule has 0 aromatic heterocycles. The second-order valence-corrected chi connectivity index (χ2v) is 7.43. The van der Waals surface area contributed by atoms with Gasteiger partial charge >= 0.3 is 0 Å². The Morgan fingerprint density at radius 3 is 3.26 bits per heavy atom. The third kappa shape index (κ3) is 3.11. The fourth-order valence-electron chi connectivity index (χ4n) is 2.33. The summed E-state index contributed by atoms with van der Waals surface area (Å²) in [5.74, 6) is 0.980. The van der Waals surface area contributed by atoms with Crippen LogP contribution in [-0.2, 0) is 0 Å². The third-order valence-corrected chi connectivity index (χ3v) is 5.19. The van der Waals surface area contributed by atoms with Gasteiger partial charge in [-0.1, -0.05) is 23.5 Å². The molecule has 0 saturated carbocycles. The van der Waals surface area contributed by atoms with Crippen LogP contribution < -0.4 is 5.32 Å². The molecule has 0 aliphatic carbocycles. The van der Waals surface area contributed by atoms with Crippen molar-refractivity contribution in [3.05, 3.63) is 11.1 Å². The van der Waals surface area contributed by atoms with E-state index in [4.69, 9.17) is 4.99 Å². The van der Waals surface area contributed by atoms with Gasteiger partial charge in [-0.05, 0) is 32.1 Å². The van der Waals surface area contributed by atoms with Crippen LogP contribution in [0.3, 0.4) is 0 Å². The Morgan fingerprint density at radius 1 is 1.47 bits per heavy atom. The summed E-state index contributed by atoms with van der Waals surface area (Å²) in [4.78, 5) is 11.7. The molecule has 0 fully saturated rings. The van der Waals surface area contributed by atoms with E-state index in [9.17, 15) is 0 Å². The van der Waals surface area contributed by atoms with Crippen LogP contribution in [0.25, 0.3) is 0 Å². The Kier molecular flexibility index (Phi) is 3.80. The third-order valence-electron chi connectivity index (χ3n) is 3.29. The number of nitrogens with zero attached hydrogens (tertiary/aromatic N) is 3. The first-order valence-corrected chi connectivity index (χ1v) is 8.65. The highest BCUT2D eigenvalue weighted by molar-refractivity contribution is 8.17. The molecule has 3 aliphatic rings. The van der Waals surface area contributed by atoms with E-state index in [0.29, 0.717) is 0 Å². The summed E-state index contributed by atoms with van der Waals surface area (Å²) in [6.07, 6.45) is 2.43. The maximum Gasteiger partial charge on any atom is 0.168 e. The minimum absolute atomic E-state index is 0.0601. The van der Waals surface area contributed by atoms with Gasteiger partial charge in [-0.15, -0.1) is 0 Å². The lowest BCUT2D eigenvalue weighted by atomic mass is 10.1. The smallest absolute Gasteiger partial charge is 0.168 e. The molecule has 1 N–H and O–H groups in total. The molecule has 6 heteroatoms. The molecular formula is C13H20N4S2. The Balaban J connectivity index is 1.57. The predicted molar refractivity (Wildman–Crippen MR) is 85.9 cm³/mol. The number of nitrogens with one attached hydrogen (secondary N) is 1. The van der Waals surface area contributed by atoms with Crippen molar-refractivity contribution in [2.24, 2.45) is 9.98 Å². The van der Waals surface area contributed by atoms with Crippen molar-refractivity contribution in [3.8, 4) is 0 Å². The molecule has 3 aliphatic heterocycles. The van der Waals surface area contributed by atoms with Gasteiger partial charge in [0.2, 0.25) is 0 Å². The van der Waals surface area contributed by atoms with E-state index in [1.54, 1.807) is 11.8 Å². The fraction of sp³-hybridized carbons (Fsp3) is 0.692. The molecule has 104 valence electrons. The van der Waals surface area contributed by atoms with E-state index >= 15 is 0 Å². The van der Waals surface area contributed by atoms with Crippen LogP contribution in [-0.4, -0.2) is 46.2 Å². The molecule has 0 aromatic carbocycles. The molecule has 0 atom stereocenters. The maximum atomic E-state index is 4.74. The van der Waals surface area contributed by atoms with Crippen LogP contribution in [0.2, 0.25) is 0 Å². The molecule has 0 radical (unpaired) electrons. The molecule has 3 rings (SSSR count). The number of thioether (sulfide) groups is 2. The quantitative estimate of drug-likeness (QED) is 0.850. The number of amidine groups is 2. The maximum absolute atomic E-state index is 4.74. The van der Waals surface area contributed by atoms with Crippen molar-refractivity contribution in [2.45, 2.75) is 32.2 Å². The van der Waals surface area contributed by atoms with Gasteiger partial charge in [0.25, 0.3) is 0 Å². The molecular weight excluding hydrogens is 276 g/mol. The molecule has 19 heavy (non-hydrogen) atoms. The van der Waals surface area contributed by atoms with Crippen molar-refractivity contribution in [1.29, 1.82) is 0 Å². The highest BCUT2D eigenvalue weighted by Crippen LogP contribution is 2.36. The summed E-state index contributed by atoms with van der Waals surface area (Å²) in [6, 6.07) is 0.